The lowest BCUT2D eigenvalue weighted by Gasteiger charge is -2.25. The third-order valence-electron chi connectivity index (χ3n) is 2.91. The van der Waals surface area contributed by atoms with Gasteiger partial charge in [-0.25, -0.2) is 9.79 Å². The molecule has 2 aliphatic rings. The Morgan fingerprint density at radius 2 is 2.08 bits per heavy atom. The Balaban J connectivity index is 2.20. The van der Waals surface area contributed by atoms with E-state index in [-0.39, 0.29) is 5.97 Å². The number of ether oxygens (including phenoxy) is 1. The van der Waals surface area contributed by atoms with Gasteiger partial charge in [0.1, 0.15) is 0 Å². The van der Waals surface area contributed by atoms with Gasteiger partial charge in [0.25, 0.3) is 0 Å². The first-order chi connectivity index (χ1) is 6.27. The summed E-state index contributed by atoms with van der Waals surface area (Å²) < 4.78 is 5.11. The first-order valence-corrected chi connectivity index (χ1v) is 5.08. The van der Waals surface area contributed by atoms with Crippen LogP contribution >= 0.6 is 0 Å². The van der Waals surface area contributed by atoms with Crippen molar-refractivity contribution in [1.82, 2.24) is 0 Å². The molecule has 0 amide bonds. The van der Waals surface area contributed by atoms with E-state index in [0.29, 0.717) is 5.90 Å². The molecule has 1 saturated carbocycles. The lowest BCUT2D eigenvalue weighted by atomic mass is 9.83. The molecule has 72 valence electrons. The van der Waals surface area contributed by atoms with Crippen molar-refractivity contribution in [3.05, 3.63) is 0 Å². The number of carbonyl (C=O) groups excluding carboxylic acids is 1. The van der Waals surface area contributed by atoms with Crippen LogP contribution < -0.4 is 0 Å². The summed E-state index contributed by atoms with van der Waals surface area (Å²) in [5, 5.41) is 0. The van der Waals surface area contributed by atoms with Gasteiger partial charge in [-0.2, -0.15) is 0 Å². The Morgan fingerprint density at radius 1 is 1.38 bits per heavy atom. The number of rotatable bonds is 1. The van der Waals surface area contributed by atoms with E-state index in [1.54, 1.807) is 0 Å². The fourth-order valence-electron chi connectivity index (χ4n) is 2.11. The van der Waals surface area contributed by atoms with E-state index in [1.165, 1.54) is 6.42 Å². The average molecular weight is 181 g/mol. The molecule has 0 aromatic carbocycles. The summed E-state index contributed by atoms with van der Waals surface area (Å²) in [5.41, 5.74) is -0.469. The van der Waals surface area contributed by atoms with Gasteiger partial charge in [0, 0.05) is 6.42 Å². The molecule has 1 fully saturated rings. The molecule has 1 aliphatic heterocycles. The fourth-order valence-corrected chi connectivity index (χ4v) is 2.11. The summed E-state index contributed by atoms with van der Waals surface area (Å²) in [6, 6.07) is 0. The number of cyclic esters (lactones) is 1. The van der Waals surface area contributed by atoms with Gasteiger partial charge in [0.2, 0.25) is 0 Å². The van der Waals surface area contributed by atoms with Crippen LogP contribution in [0.3, 0.4) is 0 Å². The largest absolute Gasteiger partial charge is 0.410 e. The molecule has 1 heterocycles. The maximum Gasteiger partial charge on any atom is 0.340 e. The van der Waals surface area contributed by atoms with Crippen LogP contribution in [-0.4, -0.2) is 17.4 Å². The molecule has 0 radical (unpaired) electrons. The first-order valence-electron chi connectivity index (χ1n) is 5.08. The number of nitrogens with zero attached hydrogens (tertiary/aromatic N) is 1. The quantitative estimate of drug-likeness (QED) is 0.581. The minimum atomic E-state index is -0.469. The molecule has 3 nitrogen and oxygen atoms in total. The molecule has 0 saturated heterocycles. The highest BCUT2D eigenvalue weighted by Gasteiger charge is 2.45. The predicted octanol–water partition coefficient (Wildman–Crippen LogP) is 2.05. The number of hydrogen-bond acceptors (Lipinski definition) is 3. The highest BCUT2D eigenvalue weighted by Crippen LogP contribution is 2.36. The number of esters is 1. The monoisotopic (exact) mass is 181 g/mol. The molecule has 13 heavy (non-hydrogen) atoms. The highest BCUT2D eigenvalue weighted by molar-refractivity contribution is 5.99. The van der Waals surface area contributed by atoms with Crippen LogP contribution in [0.2, 0.25) is 0 Å². The van der Waals surface area contributed by atoms with Crippen molar-refractivity contribution in [2.45, 2.75) is 51.0 Å². The molecule has 0 N–H and O–H groups in total. The van der Waals surface area contributed by atoms with E-state index in [0.717, 1.165) is 32.1 Å². The van der Waals surface area contributed by atoms with Gasteiger partial charge in [-0.15, -0.1) is 0 Å². The van der Waals surface area contributed by atoms with Crippen molar-refractivity contribution in [3.63, 3.8) is 0 Å². The van der Waals surface area contributed by atoms with E-state index in [2.05, 4.69) is 4.99 Å². The summed E-state index contributed by atoms with van der Waals surface area (Å²) in [6.07, 6.45) is 5.94. The van der Waals surface area contributed by atoms with Crippen molar-refractivity contribution in [1.29, 1.82) is 0 Å². The van der Waals surface area contributed by atoms with Crippen LogP contribution in [0.1, 0.15) is 45.4 Å². The van der Waals surface area contributed by atoms with Crippen LogP contribution in [0.4, 0.5) is 0 Å². The van der Waals surface area contributed by atoms with E-state index in [9.17, 15) is 4.79 Å². The molecule has 0 aromatic rings. The molecular weight excluding hydrogens is 166 g/mol. The standard InChI is InChI=1S/C10H15NO2/c1-2-8-11-10(9(12)13-8)6-4-3-5-7-10/h2-7H2,1H3. The van der Waals surface area contributed by atoms with Crippen LogP contribution in [-0.2, 0) is 9.53 Å². The zero-order valence-corrected chi connectivity index (χ0v) is 8.01. The number of aliphatic imine (C=N–C) groups is 1. The Bertz CT molecular complexity index is 252. The summed E-state index contributed by atoms with van der Waals surface area (Å²) in [7, 11) is 0. The molecule has 3 heteroatoms. The van der Waals surface area contributed by atoms with Crippen LogP contribution in [0.25, 0.3) is 0 Å². The van der Waals surface area contributed by atoms with E-state index < -0.39 is 5.54 Å². The summed E-state index contributed by atoms with van der Waals surface area (Å²) in [5.74, 6) is 0.524. The Morgan fingerprint density at radius 3 is 2.62 bits per heavy atom. The van der Waals surface area contributed by atoms with E-state index >= 15 is 0 Å². The minimum absolute atomic E-state index is 0.107. The molecule has 0 atom stereocenters. The van der Waals surface area contributed by atoms with E-state index in [1.807, 2.05) is 6.92 Å². The van der Waals surface area contributed by atoms with Gasteiger partial charge >= 0.3 is 5.97 Å². The first kappa shape index (κ1) is 8.73. The van der Waals surface area contributed by atoms with Gasteiger partial charge < -0.3 is 4.74 Å². The molecule has 2 rings (SSSR count). The second-order valence-corrected chi connectivity index (χ2v) is 3.84. The van der Waals surface area contributed by atoms with E-state index in [4.69, 9.17) is 4.74 Å². The van der Waals surface area contributed by atoms with Crippen molar-refractivity contribution in [3.8, 4) is 0 Å². The third kappa shape index (κ3) is 1.36. The van der Waals surface area contributed by atoms with Crippen molar-refractivity contribution in [2.75, 3.05) is 0 Å². The van der Waals surface area contributed by atoms with Gasteiger partial charge in [0.05, 0.1) is 0 Å². The van der Waals surface area contributed by atoms with Gasteiger partial charge in [-0.3, -0.25) is 0 Å². The normalized spacial score (nSPS) is 25.9. The Labute approximate surface area is 78.2 Å². The SMILES string of the molecule is CCC1=NC2(CCCCC2)C(=O)O1. The highest BCUT2D eigenvalue weighted by atomic mass is 16.6. The Kier molecular flexibility index (Phi) is 2.10. The molecule has 0 unspecified atom stereocenters. The summed E-state index contributed by atoms with van der Waals surface area (Å²) in [4.78, 5) is 16.0. The maximum atomic E-state index is 11.6. The molecule has 0 bridgehead atoms. The molecular formula is C10H15NO2. The van der Waals surface area contributed by atoms with Gasteiger partial charge in [0.15, 0.2) is 11.4 Å². The van der Waals surface area contributed by atoms with Crippen LogP contribution in [0.15, 0.2) is 4.99 Å². The predicted molar refractivity (Wildman–Crippen MR) is 49.6 cm³/mol. The topological polar surface area (TPSA) is 38.7 Å². The smallest absolute Gasteiger partial charge is 0.340 e. The fraction of sp³-hybridized carbons (Fsp3) is 0.800. The zero-order chi connectivity index (χ0) is 9.31. The molecule has 1 aliphatic carbocycles. The van der Waals surface area contributed by atoms with Crippen molar-refractivity contribution in [2.24, 2.45) is 4.99 Å². The number of carbonyl (C=O) groups is 1. The lowest BCUT2D eigenvalue weighted by Crippen LogP contribution is -2.35. The second-order valence-electron chi connectivity index (χ2n) is 3.84. The second kappa shape index (κ2) is 3.13. The van der Waals surface area contributed by atoms with Crippen LogP contribution in [0, 0.1) is 0 Å². The van der Waals surface area contributed by atoms with Crippen LogP contribution in [0.5, 0.6) is 0 Å². The minimum Gasteiger partial charge on any atom is -0.410 e. The lowest BCUT2D eigenvalue weighted by molar-refractivity contribution is -0.140. The number of hydrogen-bond donors (Lipinski definition) is 0. The van der Waals surface area contributed by atoms with Crippen molar-refractivity contribution < 1.29 is 9.53 Å². The average Bonchev–Trinajstić information content (AvgIpc) is 2.45. The zero-order valence-electron chi connectivity index (χ0n) is 8.01. The summed E-state index contributed by atoms with van der Waals surface area (Å²) >= 11 is 0. The van der Waals surface area contributed by atoms with Gasteiger partial charge in [-0.05, 0) is 12.8 Å². The molecule has 0 aromatic heterocycles. The molecule has 1 spiro atoms. The summed E-state index contributed by atoms with van der Waals surface area (Å²) in [6.45, 7) is 1.97. The Hall–Kier alpha value is -0.860. The third-order valence-corrected chi connectivity index (χ3v) is 2.91. The van der Waals surface area contributed by atoms with Gasteiger partial charge in [-0.1, -0.05) is 26.2 Å². The maximum absolute atomic E-state index is 11.6. The van der Waals surface area contributed by atoms with Crippen molar-refractivity contribution >= 4 is 11.9 Å².